The number of pyridine rings is 1. The molecule has 1 aromatic carbocycles. The van der Waals surface area contributed by atoms with E-state index in [2.05, 4.69) is 16.8 Å². The van der Waals surface area contributed by atoms with Crippen LogP contribution < -0.4 is 10.5 Å². The van der Waals surface area contributed by atoms with Crippen molar-refractivity contribution in [2.24, 2.45) is 5.73 Å². The van der Waals surface area contributed by atoms with E-state index < -0.39 is 5.91 Å². The third-order valence-electron chi connectivity index (χ3n) is 4.48. The smallest absolute Gasteiger partial charge is 0.267 e. The summed E-state index contributed by atoms with van der Waals surface area (Å²) >= 11 is 0. The summed E-state index contributed by atoms with van der Waals surface area (Å²) in [6, 6.07) is 7.58. The molecule has 1 fully saturated rings. The van der Waals surface area contributed by atoms with Gasteiger partial charge in [-0.3, -0.25) is 9.69 Å². The molecule has 3 rings (SSSR count). The van der Waals surface area contributed by atoms with Gasteiger partial charge in [-0.1, -0.05) is 12.1 Å². The summed E-state index contributed by atoms with van der Waals surface area (Å²) in [5, 5.41) is 0. The van der Waals surface area contributed by atoms with Crippen molar-refractivity contribution in [3.63, 3.8) is 0 Å². The highest BCUT2D eigenvalue weighted by Gasteiger charge is 2.16. The molecule has 6 nitrogen and oxygen atoms in total. The Kier molecular flexibility index (Phi) is 6.36. The molecule has 1 unspecified atom stereocenters. The van der Waals surface area contributed by atoms with E-state index in [4.69, 9.17) is 15.2 Å². The number of morpholine rings is 1. The van der Waals surface area contributed by atoms with E-state index in [1.54, 1.807) is 18.2 Å². The minimum absolute atomic E-state index is 0.143. The maximum absolute atomic E-state index is 13.2. The fourth-order valence-corrected chi connectivity index (χ4v) is 3.11. The molecule has 0 aliphatic carbocycles. The van der Waals surface area contributed by atoms with Gasteiger partial charge >= 0.3 is 0 Å². The molecule has 2 aromatic rings. The molecule has 2 heterocycles. The van der Waals surface area contributed by atoms with Crippen LogP contribution in [0.25, 0.3) is 11.1 Å². The molecule has 7 heteroatoms. The lowest BCUT2D eigenvalue weighted by Gasteiger charge is -2.30. The Morgan fingerprint density at radius 3 is 2.89 bits per heavy atom. The maximum Gasteiger partial charge on any atom is 0.267 e. The third-order valence-corrected chi connectivity index (χ3v) is 4.48. The van der Waals surface area contributed by atoms with Crippen molar-refractivity contribution in [1.29, 1.82) is 0 Å². The van der Waals surface area contributed by atoms with Gasteiger partial charge in [-0.15, -0.1) is 0 Å². The van der Waals surface area contributed by atoms with Gasteiger partial charge in [0.05, 0.1) is 25.5 Å². The normalized spacial score (nSPS) is 17.6. The molecule has 0 spiro atoms. The van der Waals surface area contributed by atoms with Crippen LogP contribution in [0, 0.1) is 5.82 Å². The molecule has 1 atom stereocenters. The van der Waals surface area contributed by atoms with E-state index in [1.807, 2.05) is 0 Å². The Balaban J connectivity index is 1.67. The Morgan fingerprint density at radius 2 is 2.19 bits per heavy atom. The molecule has 144 valence electrons. The Morgan fingerprint density at radius 1 is 1.41 bits per heavy atom. The number of hydrogen-bond donors (Lipinski definition) is 1. The van der Waals surface area contributed by atoms with Crippen LogP contribution in [0.4, 0.5) is 4.39 Å². The number of benzene rings is 1. The van der Waals surface area contributed by atoms with Gasteiger partial charge in [0.1, 0.15) is 17.3 Å². The summed E-state index contributed by atoms with van der Waals surface area (Å²) in [4.78, 5) is 17.9. The van der Waals surface area contributed by atoms with E-state index in [1.165, 1.54) is 18.3 Å². The van der Waals surface area contributed by atoms with Gasteiger partial charge in [-0.25, -0.2) is 9.37 Å². The van der Waals surface area contributed by atoms with Crippen molar-refractivity contribution in [1.82, 2.24) is 9.88 Å². The summed E-state index contributed by atoms with van der Waals surface area (Å²) < 4.78 is 24.7. The number of amides is 1. The fraction of sp³-hybridized carbons (Fsp3) is 0.400. The second-order valence-electron chi connectivity index (χ2n) is 6.62. The lowest BCUT2D eigenvalue weighted by Crippen LogP contribution is -2.41. The van der Waals surface area contributed by atoms with Crippen molar-refractivity contribution in [3.8, 4) is 16.9 Å². The van der Waals surface area contributed by atoms with Gasteiger partial charge in [-0.05, 0) is 37.1 Å². The molecule has 1 aromatic heterocycles. The zero-order valence-corrected chi connectivity index (χ0v) is 15.4. The number of hydrogen-bond acceptors (Lipinski definition) is 5. The van der Waals surface area contributed by atoms with Gasteiger partial charge in [-0.2, -0.15) is 0 Å². The molecule has 2 N–H and O–H groups in total. The average Bonchev–Trinajstić information content (AvgIpc) is 2.66. The van der Waals surface area contributed by atoms with E-state index in [-0.39, 0.29) is 17.6 Å². The molecule has 0 saturated carbocycles. The summed E-state index contributed by atoms with van der Waals surface area (Å²) in [6.07, 6.45) is 2.61. The zero-order valence-electron chi connectivity index (χ0n) is 15.4. The minimum Gasteiger partial charge on any atom is -0.491 e. The SMILES string of the molecule is CC1CN(CCCOc2cnc(C(N)=O)cc2-c2ccc(F)cc2)CCO1. The molecule has 1 saturated heterocycles. The summed E-state index contributed by atoms with van der Waals surface area (Å²) in [5.74, 6) is -0.404. The van der Waals surface area contributed by atoms with Gasteiger partial charge in [0.25, 0.3) is 5.91 Å². The fourth-order valence-electron chi connectivity index (χ4n) is 3.11. The van der Waals surface area contributed by atoms with E-state index in [0.717, 1.165) is 38.2 Å². The maximum atomic E-state index is 13.2. The average molecular weight is 373 g/mol. The number of aromatic nitrogens is 1. The molecule has 1 amide bonds. The topological polar surface area (TPSA) is 77.7 Å². The molecule has 0 radical (unpaired) electrons. The first-order valence-corrected chi connectivity index (χ1v) is 9.05. The Bertz CT molecular complexity index is 783. The van der Waals surface area contributed by atoms with Crippen molar-refractivity contribution >= 4 is 5.91 Å². The Labute approximate surface area is 158 Å². The molecule has 0 bridgehead atoms. The highest BCUT2D eigenvalue weighted by atomic mass is 19.1. The number of carbonyl (C=O) groups is 1. The number of nitrogens with zero attached hydrogens (tertiary/aromatic N) is 2. The number of carbonyl (C=O) groups excluding carboxylic acids is 1. The first-order valence-electron chi connectivity index (χ1n) is 9.05. The largest absolute Gasteiger partial charge is 0.491 e. The third kappa shape index (κ3) is 5.24. The van der Waals surface area contributed by atoms with Crippen LogP contribution in [0.15, 0.2) is 36.5 Å². The lowest BCUT2D eigenvalue weighted by molar-refractivity contribution is -0.0193. The molecular weight excluding hydrogens is 349 g/mol. The number of ether oxygens (including phenoxy) is 2. The van der Waals surface area contributed by atoms with Crippen molar-refractivity contribution in [2.45, 2.75) is 19.4 Å². The predicted molar refractivity (Wildman–Crippen MR) is 100 cm³/mol. The first kappa shape index (κ1) is 19.3. The Hall–Kier alpha value is -2.51. The number of nitrogens with two attached hydrogens (primary N) is 1. The molecule has 1 aliphatic heterocycles. The summed E-state index contributed by atoms with van der Waals surface area (Å²) in [5.41, 5.74) is 6.88. The molecular formula is C20H24FN3O3. The van der Waals surface area contributed by atoms with Crippen LogP contribution in [-0.2, 0) is 4.74 Å². The zero-order chi connectivity index (χ0) is 19.2. The molecule has 27 heavy (non-hydrogen) atoms. The van der Waals surface area contributed by atoms with E-state index in [9.17, 15) is 9.18 Å². The van der Waals surface area contributed by atoms with Crippen LogP contribution in [0.1, 0.15) is 23.8 Å². The monoisotopic (exact) mass is 373 g/mol. The van der Waals surface area contributed by atoms with Crippen LogP contribution in [0.2, 0.25) is 0 Å². The first-order chi connectivity index (χ1) is 13.0. The van der Waals surface area contributed by atoms with Crippen LogP contribution in [0.5, 0.6) is 5.75 Å². The summed E-state index contributed by atoms with van der Waals surface area (Å²) in [6.45, 7) is 6.12. The van der Waals surface area contributed by atoms with Crippen molar-refractivity contribution < 1.29 is 18.7 Å². The second kappa shape index (κ2) is 8.92. The summed E-state index contributed by atoms with van der Waals surface area (Å²) in [7, 11) is 0. The second-order valence-corrected chi connectivity index (χ2v) is 6.62. The van der Waals surface area contributed by atoms with Crippen molar-refractivity contribution in [3.05, 3.63) is 48.0 Å². The quantitative estimate of drug-likeness (QED) is 0.755. The van der Waals surface area contributed by atoms with Gasteiger partial charge < -0.3 is 15.2 Å². The van der Waals surface area contributed by atoms with E-state index in [0.29, 0.717) is 17.9 Å². The van der Waals surface area contributed by atoms with Crippen LogP contribution in [-0.4, -0.2) is 54.7 Å². The van der Waals surface area contributed by atoms with Gasteiger partial charge in [0, 0.05) is 25.2 Å². The molecule has 1 aliphatic rings. The standard InChI is InChI=1S/C20H24FN3O3/c1-14-13-24(8-10-26-14)7-2-9-27-19-12-23-18(20(22)25)11-17(19)15-3-5-16(21)6-4-15/h3-6,11-12,14H,2,7-10,13H2,1H3,(H2,22,25). The highest BCUT2D eigenvalue weighted by molar-refractivity contribution is 5.92. The van der Waals surface area contributed by atoms with Gasteiger partial charge in [0.15, 0.2) is 0 Å². The predicted octanol–water partition coefficient (Wildman–Crippen LogP) is 2.48. The minimum atomic E-state index is -0.619. The number of halogens is 1. The number of rotatable bonds is 7. The number of primary amides is 1. The van der Waals surface area contributed by atoms with E-state index >= 15 is 0 Å². The van der Waals surface area contributed by atoms with Crippen LogP contribution in [0.3, 0.4) is 0 Å². The van der Waals surface area contributed by atoms with Gasteiger partial charge in [0.2, 0.25) is 0 Å². The lowest BCUT2D eigenvalue weighted by atomic mass is 10.0. The highest BCUT2D eigenvalue weighted by Crippen LogP contribution is 2.30. The van der Waals surface area contributed by atoms with Crippen LogP contribution >= 0.6 is 0 Å². The van der Waals surface area contributed by atoms with Crippen molar-refractivity contribution in [2.75, 3.05) is 32.8 Å².